The first-order chi connectivity index (χ1) is 15.6. The number of phenolic OH excluding ortho intramolecular Hbond substituents is 1. The molecule has 2 heterocycles. The zero-order chi connectivity index (χ0) is 22.2. The van der Waals surface area contributed by atoms with Gasteiger partial charge < -0.3 is 14.6 Å². The number of fused-ring (bicyclic) bond motifs is 3. The van der Waals surface area contributed by atoms with E-state index >= 15 is 0 Å². The Morgan fingerprint density at radius 2 is 1.53 bits per heavy atom. The molecule has 0 saturated carbocycles. The van der Waals surface area contributed by atoms with Crippen LogP contribution in [0.1, 0.15) is 24.1 Å². The second-order valence-corrected chi connectivity index (χ2v) is 7.73. The second kappa shape index (κ2) is 7.89. The largest absolute Gasteiger partial charge is 0.508 e. The average Bonchev–Trinajstić information content (AvgIpc) is 3.27. The van der Waals surface area contributed by atoms with Gasteiger partial charge in [-0.25, -0.2) is 4.98 Å². The van der Waals surface area contributed by atoms with Gasteiger partial charge >= 0.3 is 0 Å². The lowest BCUT2D eigenvalue weighted by Crippen LogP contribution is -1.98. The van der Waals surface area contributed by atoms with E-state index in [1.54, 1.807) is 26.4 Å². The highest BCUT2D eigenvalue weighted by molar-refractivity contribution is 6.12. The molecule has 32 heavy (non-hydrogen) atoms. The zero-order valence-corrected chi connectivity index (χ0v) is 18.1. The molecule has 6 nitrogen and oxygen atoms in total. The van der Waals surface area contributed by atoms with Crippen molar-refractivity contribution in [3.8, 4) is 28.5 Å². The summed E-state index contributed by atoms with van der Waals surface area (Å²) >= 11 is 0. The topological polar surface area (TPSA) is 80.3 Å². The van der Waals surface area contributed by atoms with Gasteiger partial charge in [0.05, 0.1) is 31.0 Å². The van der Waals surface area contributed by atoms with Gasteiger partial charge in [0, 0.05) is 22.3 Å². The molecule has 3 aromatic carbocycles. The molecule has 1 atom stereocenters. The van der Waals surface area contributed by atoms with Gasteiger partial charge in [0.15, 0.2) is 17.1 Å². The normalized spacial score (nSPS) is 12.2. The van der Waals surface area contributed by atoms with Gasteiger partial charge in [-0.2, -0.15) is 5.10 Å². The number of phenols is 1. The molecule has 0 saturated heterocycles. The minimum absolute atomic E-state index is 0.0961. The standard InChI is InChI=1S/C26H23N3O3/c1-15(16-7-5-4-6-8-16)24-23-19-13-21(31-2)22(32-3)14-20(19)25(27-26(23)29-28-24)17-9-11-18(30)12-10-17/h4-15,30H,1-3H3,(H,27,28,29). The van der Waals surface area contributed by atoms with Crippen LogP contribution in [-0.2, 0) is 0 Å². The number of hydrogen-bond donors (Lipinski definition) is 2. The van der Waals surface area contributed by atoms with Crippen LogP contribution in [0.25, 0.3) is 33.1 Å². The number of benzene rings is 3. The number of aromatic nitrogens is 3. The SMILES string of the molecule is COc1cc2c(-c3ccc(O)cc3)nc3n[nH]c(C(C)c4ccccc4)c3c2cc1OC. The van der Waals surface area contributed by atoms with Crippen molar-refractivity contribution >= 4 is 21.8 Å². The Balaban J connectivity index is 1.84. The fraction of sp³-hybridized carbons (Fsp3) is 0.154. The van der Waals surface area contributed by atoms with Crippen molar-refractivity contribution in [3.05, 3.63) is 78.0 Å². The Kier molecular flexibility index (Phi) is 4.90. The summed E-state index contributed by atoms with van der Waals surface area (Å²) in [5.74, 6) is 1.57. The van der Waals surface area contributed by atoms with Crippen LogP contribution in [0.3, 0.4) is 0 Å². The summed E-state index contributed by atoms with van der Waals surface area (Å²) < 4.78 is 11.2. The quantitative estimate of drug-likeness (QED) is 0.380. The van der Waals surface area contributed by atoms with Crippen molar-refractivity contribution in [2.75, 3.05) is 14.2 Å². The van der Waals surface area contributed by atoms with E-state index in [1.165, 1.54) is 5.56 Å². The Morgan fingerprint density at radius 3 is 2.19 bits per heavy atom. The highest BCUT2D eigenvalue weighted by Crippen LogP contribution is 2.41. The molecule has 0 fully saturated rings. The highest BCUT2D eigenvalue weighted by atomic mass is 16.5. The van der Waals surface area contributed by atoms with E-state index in [4.69, 9.17) is 14.5 Å². The molecule has 0 spiro atoms. The molecule has 1 unspecified atom stereocenters. The van der Waals surface area contributed by atoms with Gasteiger partial charge in [0.2, 0.25) is 0 Å². The number of H-pyrrole nitrogens is 1. The Hall–Kier alpha value is -4.06. The Bertz CT molecular complexity index is 1410. The van der Waals surface area contributed by atoms with Crippen LogP contribution in [0.4, 0.5) is 0 Å². The van der Waals surface area contributed by atoms with E-state index < -0.39 is 0 Å². The molecule has 0 radical (unpaired) electrons. The third kappa shape index (κ3) is 3.21. The number of methoxy groups -OCH3 is 2. The number of hydrogen-bond acceptors (Lipinski definition) is 5. The number of aromatic hydroxyl groups is 1. The van der Waals surface area contributed by atoms with Crippen LogP contribution in [0.2, 0.25) is 0 Å². The predicted molar refractivity (Wildman–Crippen MR) is 126 cm³/mol. The minimum atomic E-state index is 0.0961. The Morgan fingerprint density at radius 1 is 0.875 bits per heavy atom. The zero-order valence-electron chi connectivity index (χ0n) is 18.1. The molecular weight excluding hydrogens is 402 g/mol. The van der Waals surface area contributed by atoms with Crippen LogP contribution < -0.4 is 9.47 Å². The lowest BCUT2D eigenvalue weighted by Gasteiger charge is -2.15. The van der Waals surface area contributed by atoms with Gasteiger partial charge in [-0.05, 0) is 42.0 Å². The van der Waals surface area contributed by atoms with Crippen LogP contribution in [-0.4, -0.2) is 34.5 Å². The molecule has 0 amide bonds. The third-order valence-electron chi connectivity index (χ3n) is 5.91. The Labute approximate surface area is 185 Å². The number of ether oxygens (including phenoxy) is 2. The molecule has 160 valence electrons. The maximum atomic E-state index is 9.74. The molecule has 5 aromatic rings. The number of rotatable bonds is 5. The molecule has 2 aromatic heterocycles. The predicted octanol–water partition coefficient (Wildman–Crippen LogP) is 5.65. The van der Waals surface area contributed by atoms with Gasteiger partial charge in [0.1, 0.15) is 5.75 Å². The molecule has 0 aliphatic heterocycles. The summed E-state index contributed by atoms with van der Waals surface area (Å²) in [7, 11) is 3.25. The monoisotopic (exact) mass is 425 g/mol. The third-order valence-corrected chi connectivity index (χ3v) is 5.91. The highest BCUT2D eigenvalue weighted by Gasteiger charge is 2.22. The first-order valence-corrected chi connectivity index (χ1v) is 10.4. The van der Waals surface area contributed by atoms with E-state index in [9.17, 15) is 5.11 Å². The van der Waals surface area contributed by atoms with Crippen molar-refractivity contribution in [2.24, 2.45) is 0 Å². The van der Waals surface area contributed by atoms with Crippen LogP contribution in [0, 0.1) is 0 Å². The van der Waals surface area contributed by atoms with Crippen molar-refractivity contribution in [2.45, 2.75) is 12.8 Å². The molecule has 0 aliphatic carbocycles. The second-order valence-electron chi connectivity index (χ2n) is 7.73. The summed E-state index contributed by atoms with van der Waals surface area (Å²) in [5, 5.41) is 20.4. The van der Waals surface area contributed by atoms with E-state index in [1.807, 2.05) is 42.5 Å². The van der Waals surface area contributed by atoms with E-state index in [0.29, 0.717) is 17.1 Å². The van der Waals surface area contributed by atoms with Crippen LogP contribution in [0.5, 0.6) is 17.2 Å². The van der Waals surface area contributed by atoms with Gasteiger partial charge in [0.25, 0.3) is 0 Å². The van der Waals surface area contributed by atoms with E-state index in [-0.39, 0.29) is 11.7 Å². The summed E-state index contributed by atoms with van der Waals surface area (Å²) in [5.41, 5.74) is 4.45. The minimum Gasteiger partial charge on any atom is -0.508 e. The lowest BCUT2D eigenvalue weighted by atomic mass is 9.93. The first kappa shape index (κ1) is 19.9. The van der Waals surface area contributed by atoms with E-state index in [0.717, 1.165) is 33.1 Å². The smallest absolute Gasteiger partial charge is 0.182 e. The van der Waals surface area contributed by atoms with Crippen LogP contribution >= 0.6 is 0 Å². The number of nitrogens with zero attached hydrogens (tertiary/aromatic N) is 2. The maximum Gasteiger partial charge on any atom is 0.182 e. The van der Waals surface area contributed by atoms with Crippen molar-refractivity contribution in [1.82, 2.24) is 15.2 Å². The molecule has 5 rings (SSSR count). The first-order valence-electron chi connectivity index (χ1n) is 10.4. The maximum absolute atomic E-state index is 9.74. The van der Waals surface area contributed by atoms with Crippen LogP contribution in [0.15, 0.2) is 66.7 Å². The molecule has 6 heteroatoms. The molecule has 0 bridgehead atoms. The number of aromatic amines is 1. The number of nitrogens with one attached hydrogen (secondary N) is 1. The van der Waals surface area contributed by atoms with Crippen molar-refractivity contribution in [1.29, 1.82) is 0 Å². The fourth-order valence-electron chi connectivity index (χ4n) is 4.20. The molecule has 0 aliphatic rings. The summed E-state index contributed by atoms with van der Waals surface area (Å²) in [6.45, 7) is 2.16. The van der Waals surface area contributed by atoms with Gasteiger partial charge in [-0.15, -0.1) is 0 Å². The van der Waals surface area contributed by atoms with Crippen molar-refractivity contribution < 1.29 is 14.6 Å². The van der Waals surface area contributed by atoms with Gasteiger partial charge in [-0.3, -0.25) is 5.10 Å². The van der Waals surface area contributed by atoms with Crippen molar-refractivity contribution in [3.63, 3.8) is 0 Å². The summed E-state index contributed by atoms with van der Waals surface area (Å²) in [4.78, 5) is 4.91. The fourth-order valence-corrected chi connectivity index (χ4v) is 4.20. The molecular formula is C26H23N3O3. The van der Waals surface area contributed by atoms with E-state index in [2.05, 4.69) is 29.3 Å². The number of pyridine rings is 1. The van der Waals surface area contributed by atoms with Gasteiger partial charge in [-0.1, -0.05) is 37.3 Å². The summed E-state index contributed by atoms with van der Waals surface area (Å²) in [6, 6.07) is 21.3. The molecule has 2 N–H and O–H groups in total. The lowest BCUT2D eigenvalue weighted by molar-refractivity contribution is 0.356. The summed E-state index contributed by atoms with van der Waals surface area (Å²) in [6.07, 6.45) is 0. The average molecular weight is 425 g/mol.